The summed E-state index contributed by atoms with van der Waals surface area (Å²) in [6, 6.07) is 15.2. The Hall–Kier alpha value is -4.73. The molecular formula is C29H29N3O7. The van der Waals surface area contributed by atoms with Crippen LogP contribution in [0, 0.1) is 16.0 Å². The van der Waals surface area contributed by atoms with Crippen LogP contribution in [0.5, 0.6) is 23.0 Å². The molecule has 1 heterocycles. The van der Waals surface area contributed by atoms with Gasteiger partial charge in [0.1, 0.15) is 17.3 Å². The Bertz CT molecular complexity index is 1470. The van der Waals surface area contributed by atoms with Crippen LogP contribution in [-0.4, -0.2) is 36.6 Å². The number of benzene rings is 3. The summed E-state index contributed by atoms with van der Waals surface area (Å²) in [5.74, 6) is -0.311. The summed E-state index contributed by atoms with van der Waals surface area (Å²) in [5.41, 5.74) is 2.94. The van der Waals surface area contributed by atoms with E-state index in [-0.39, 0.29) is 30.5 Å². The second kappa shape index (κ2) is 10.6. The van der Waals surface area contributed by atoms with Gasteiger partial charge in [0.15, 0.2) is 5.75 Å². The number of rotatable bonds is 7. The molecule has 0 unspecified atom stereocenters. The summed E-state index contributed by atoms with van der Waals surface area (Å²) >= 11 is 0. The molecule has 0 aromatic heterocycles. The van der Waals surface area contributed by atoms with Crippen LogP contribution in [0.3, 0.4) is 0 Å². The SMILES string of the molecule is CCOc1cc([C@@H]2Nc3ccccc3NC3=C[C@H](c4cc(OC)ccc4OC)CC(=O)[C@H]32)cc([N+](=O)[O-])c1O. The van der Waals surface area contributed by atoms with E-state index in [1.165, 1.54) is 6.07 Å². The van der Waals surface area contributed by atoms with Gasteiger partial charge in [-0.1, -0.05) is 18.2 Å². The van der Waals surface area contributed by atoms with Gasteiger partial charge in [0.25, 0.3) is 0 Å². The van der Waals surface area contributed by atoms with Gasteiger partial charge in [-0.3, -0.25) is 14.9 Å². The maximum absolute atomic E-state index is 13.9. The van der Waals surface area contributed by atoms with Crippen molar-refractivity contribution in [1.82, 2.24) is 0 Å². The van der Waals surface area contributed by atoms with Crippen LogP contribution in [-0.2, 0) is 4.79 Å². The van der Waals surface area contributed by atoms with Gasteiger partial charge in [0.2, 0.25) is 5.75 Å². The van der Waals surface area contributed by atoms with Crippen LogP contribution < -0.4 is 24.8 Å². The van der Waals surface area contributed by atoms with Gasteiger partial charge in [-0.05, 0) is 48.9 Å². The maximum Gasteiger partial charge on any atom is 0.315 e. The number of carbonyl (C=O) groups excluding carboxylic acids is 1. The fraction of sp³-hybridized carbons (Fsp3) is 0.276. The first-order valence-corrected chi connectivity index (χ1v) is 12.6. The molecule has 1 aliphatic carbocycles. The average molecular weight is 532 g/mol. The highest BCUT2D eigenvalue weighted by Crippen LogP contribution is 2.48. The number of ether oxygens (including phenoxy) is 3. The summed E-state index contributed by atoms with van der Waals surface area (Å²) in [6.45, 7) is 1.93. The van der Waals surface area contributed by atoms with Crippen LogP contribution >= 0.6 is 0 Å². The molecular weight excluding hydrogens is 502 g/mol. The van der Waals surface area contributed by atoms with E-state index < -0.39 is 28.3 Å². The third kappa shape index (κ3) is 4.81. The van der Waals surface area contributed by atoms with Crippen LogP contribution in [0.4, 0.5) is 17.1 Å². The first kappa shape index (κ1) is 25.9. The zero-order valence-corrected chi connectivity index (χ0v) is 21.8. The molecule has 202 valence electrons. The van der Waals surface area contributed by atoms with Gasteiger partial charge in [0.05, 0.1) is 49.1 Å². The molecule has 3 aromatic carbocycles. The van der Waals surface area contributed by atoms with E-state index in [0.717, 1.165) is 16.9 Å². The van der Waals surface area contributed by atoms with Crippen molar-refractivity contribution in [3.05, 3.63) is 87.6 Å². The van der Waals surface area contributed by atoms with E-state index in [1.807, 2.05) is 42.5 Å². The number of carbonyl (C=O) groups is 1. The number of para-hydroxylation sites is 2. The lowest BCUT2D eigenvalue weighted by molar-refractivity contribution is -0.386. The number of nitro benzene ring substituents is 1. The van der Waals surface area contributed by atoms with E-state index in [2.05, 4.69) is 10.6 Å². The highest BCUT2D eigenvalue weighted by molar-refractivity contribution is 5.91. The van der Waals surface area contributed by atoms with Crippen molar-refractivity contribution in [2.24, 2.45) is 5.92 Å². The van der Waals surface area contributed by atoms with Crippen LogP contribution in [0.25, 0.3) is 0 Å². The first-order valence-electron chi connectivity index (χ1n) is 12.6. The van der Waals surface area contributed by atoms with E-state index in [9.17, 15) is 20.0 Å². The van der Waals surface area contributed by atoms with Gasteiger partial charge in [-0.25, -0.2) is 0 Å². The van der Waals surface area contributed by atoms with Crippen molar-refractivity contribution in [3.8, 4) is 23.0 Å². The lowest BCUT2D eigenvalue weighted by Crippen LogP contribution is -2.34. The molecule has 3 aromatic rings. The number of fused-ring (bicyclic) bond motifs is 2. The molecule has 10 heteroatoms. The Labute approximate surface area is 225 Å². The Kier molecular flexibility index (Phi) is 7.02. The van der Waals surface area contributed by atoms with Crippen molar-refractivity contribution in [2.45, 2.75) is 25.3 Å². The molecule has 2 aliphatic rings. The van der Waals surface area contributed by atoms with Crippen LogP contribution in [0.15, 0.2) is 66.4 Å². The number of Topliss-reactive ketones (excluding diaryl/α,β-unsaturated/α-hetero) is 1. The molecule has 1 aliphatic heterocycles. The molecule has 3 N–H and O–H groups in total. The number of hydrogen-bond donors (Lipinski definition) is 3. The summed E-state index contributed by atoms with van der Waals surface area (Å²) in [7, 11) is 3.17. The monoisotopic (exact) mass is 531 g/mol. The van der Waals surface area contributed by atoms with Gasteiger partial charge >= 0.3 is 5.69 Å². The summed E-state index contributed by atoms with van der Waals surface area (Å²) in [5, 5.41) is 29.1. The maximum atomic E-state index is 13.9. The quantitative estimate of drug-likeness (QED) is 0.265. The lowest BCUT2D eigenvalue weighted by atomic mass is 9.76. The second-order valence-corrected chi connectivity index (χ2v) is 9.35. The van der Waals surface area contributed by atoms with Gasteiger partial charge in [0, 0.05) is 29.7 Å². The zero-order valence-electron chi connectivity index (χ0n) is 21.8. The number of ketones is 1. The molecule has 5 rings (SSSR count). The smallest absolute Gasteiger partial charge is 0.315 e. The van der Waals surface area contributed by atoms with E-state index in [4.69, 9.17) is 14.2 Å². The molecule has 0 fully saturated rings. The second-order valence-electron chi connectivity index (χ2n) is 9.35. The number of anilines is 2. The summed E-state index contributed by atoms with van der Waals surface area (Å²) in [6.07, 6.45) is 2.20. The highest BCUT2D eigenvalue weighted by Gasteiger charge is 2.41. The molecule has 0 saturated heterocycles. The molecule has 0 saturated carbocycles. The molecule has 0 spiro atoms. The van der Waals surface area contributed by atoms with Gasteiger partial charge < -0.3 is 30.0 Å². The largest absolute Gasteiger partial charge is 0.500 e. The zero-order chi connectivity index (χ0) is 27.7. The molecule has 39 heavy (non-hydrogen) atoms. The number of hydrogen-bond acceptors (Lipinski definition) is 9. The average Bonchev–Trinajstić information content (AvgIpc) is 3.10. The van der Waals surface area contributed by atoms with Crippen molar-refractivity contribution < 1.29 is 29.0 Å². The van der Waals surface area contributed by atoms with E-state index in [1.54, 1.807) is 33.3 Å². The van der Waals surface area contributed by atoms with Gasteiger partial charge in [-0.15, -0.1) is 0 Å². The van der Waals surface area contributed by atoms with E-state index >= 15 is 0 Å². The number of allylic oxidation sites excluding steroid dienone is 1. The minimum absolute atomic E-state index is 0.0122. The lowest BCUT2D eigenvalue weighted by Gasteiger charge is -2.33. The number of methoxy groups -OCH3 is 2. The third-order valence-electron chi connectivity index (χ3n) is 7.10. The van der Waals surface area contributed by atoms with E-state index in [0.29, 0.717) is 22.8 Å². The normalized spacial score (nSPS) is 19.8. The van der Waals surface area contributed by atoms with Crippen LogP contribution in [0.2, 0.25) is 0 Å². The number of aromatic hydroxyl groups is 1. The fourth-order valence-corrected chi connectivity index (χ4v) is 5.31. The van der Waals surface area contributed by atoms with Crippen molar-refractivity contribution >= 4 is 22.8 Å². The predicted molar refractivity (Wildman–Crippen MR) is 146 cm³/mol. The third-order valence-corrected chi connectivity index (χ3v) is 7.10. The summed E-state index contributed by atoms with van der Waals surface area (Å²) in [4.78, 5) is 25.1. The molecule has 10 nitrogen and oxygen atoms in total. The summed E-state index contributed by atoms with van der Waals surface area (Å²) < 4.78 is 16.5. The van der Waals surface area contributed by atoms with Crippen molar-refractivity contribution in [2.75, 3.05) is 31.5 Å². The van der Waals surface area contributed by atoms with Crippen LogP contribution in [0.1, 0.15) is 36.4 Å². The number of phenols is 1. The number of phenolic OH excluding ortho intramolecular Hbond substituents is 1. The number of nitrogens with one attached hydrogen (secondary N) is 2. The van der Waals surface area contributed by atoms with Crippen molar-refractivity contribution in [1.29, 1.82) is 0 Å². The van der Waals surface area contributed by atoms with Gasteiger partial charge in [-0.2, -0.15) is 0 Å². The Balaban J connectivity index is 1.67. The molecule has 0 radical (unpaired) electrons. The Morgan fingerprint density at radius 3 is 2.51 bits per heavy atom. The standard InChI is InChI=1S/C29H29N3O7/c1-4-39-26-14-17(12-23(29(26)34)32(35)36)28-27-22(30-20-7-5-6-8-21(20)31-28)11-16(13-24(27)33)19-15-18(37-2)9-10-25(19)38-3/h5-12,14-16,27-28,30-31,34H,4,13H2,1-3H3/t16-,27-,28-/m0/s1. The molecule has 0 amide bonds. The number of nitro groups is 1. The fourth-order valence-electron chi connectivity index (χ4n) is 5.31. The first-order chi connectivity index (χ1) is 18.8. The topological polar surface area (TPSA) is 132 Å². The minimum atomic E-state index is -0.691. The van der Waals surface area contributed by atoms with Crippen molar-refractivity contribution in [3.63, 3.8) is 0 Å². The minimum Gasteiger partial charge on any atom is -0.500 e. The molecule has 3 atom stereocenters. The Morgan fingerprint density at radius 1 is 1.05 bits per heavy atom. The number of nitrogens with zero attached hydrogens (tertiary/aromatic N) is 1. The Morgan fingerprint density at radius 2 is 1.82 bits per heavy atom. The predicted octanol–water partition coefficient (Wildman–Crippen LogP) is 5.55. The molecule has 0 bridgehead atoms. The highest BCUT2D eigenvalue weighted by atomic mass is 16.6.